The highest BCUT2D eigenvalue weighted by Crippen LogP contribution is 2.39. The maximum Gasteiger partial charge on any atom is 0.254 e. The predicted octanol–water partition coefficient (Wildman–Crippen LogP) is 2.72. The molecule has 1 aromatic heterocycles. The summed E-state index contributed by atoms with van der Waals surface area (Å²) in [4.78, 5) is 31.8. The minimum atomic E-state index is -0.651. The van der Waals surface area contributed by atoms with Crippen molar-refractivity contribution in [1.29, 1.82) is 0 Å². The van der Waals surface area contributed by atoms with E-state index in [9.17, 15) is 9.59 Å². The van der Waals surface area contributed by atoms with Gasteiger partial charge in [0.25, 0.3) is 5.91 Å². The largest absolute Gasteiger partial charge is 0.484 e. The molecule has 0 aliphatic carbocycles. The molecule has 7 nitrogen and oxygen atoms in total. The first-order chi connectivity index (χ1) is 13.7. The van der Waals surface area contributed by atoms with Gasteiger partial charge in [0.2, 0.25) is 0 Å². The van der Waals surface area contributed by atoms with Crippen molar-refractivity contribution in [3.05, 3.63) is 66.0 Å². The topological polar surface area (TPSA) is 88.2 Å². The fraction of sp³-hybridized carbons (Fsp3) is 0.238. The molecule has 1 atom stereocenters. The van der Waals surface area contributed by atoms with Crippen molar-refractivity contribution in [3.63, 3.8) is 0 Å². The molecule has 140 valence electrons. The summed E-state index contributed by atoms with van der Waals surface area (Å²) in [6.07, 6.45) is 2.33. The Morgan fingerprint density at radius 3 is 2.71 bits per heavy atom. The van der Waals surface area contributed by atoms with Crippen LogP contribution in [0.25, 0.3) is 11.4 Å². The fourth-order valence-corrected chi connectivity index (χ4v) is 4.07. The quantitative estimate of drug-likeness (QED) is 0.745. The van der Waals surface area contributed by atoms with E-state index in [1.807, 2.05) is 36.4 Å². The van der Waals surface area contributed by atoms with Crippen LogP contribution in [0.2, 0.25) is 0 Å². The first kappa shape index (κ1) is 16.7. The van der Waals surface area contributed by atoms with Gasteiger partial charge in [-0.25, -0.2) is 4.98 Å². The third-order valence-corrected chi connectivity index (χ3v) is 5.43. The molecule has 2 aliphatic heterocycles. The summed E-state index contributed by atoms with van der Waals surface area (Å²) in [6.45, 7) is 0.926. The van der Waals surface area contributed by atoms with Gasteiger partial charge in [-0.2, -0.15) is 5.10 Å². The summed E-state index contributed by atoms with van der Waals surface area (Å²) >= 11 is 0. The number of carbonyl (C=O) groups is 2. The second-order valence-electron chi connectivity index (χ2n) is 7.24. The first-order valence-electron chi connectivity index (χ1n) is 9.21. The zero-order valence-electron chi connectivity index (χ0n) is 15.1. The molecular formula is C21H18N4O3. The number of carbonyl (C=O) groups excluding carboxylic acids is 2. The van der Waals surface area contributed by atoms with Crippen molar-refractivity contribution in [2.24, 2.45) is 0 Å². The highest BCUT2D eigenvalue weighted by atomic mass is 16.5. The van der Waals surface area contributed by atoms with Crippen LogP contribution >= 0.6 is 0 Å². The average Bonchev–Trinajstić information content (AvgIpc) is 3.38. The maximum absolute atomic E-state index is 13.2. The SMILES string of the molecule is O=C1C[C@@]2(CCN(C(=O)c3ccccc3-c3ncn[nH]3)C2)Oc2ccccc21. The zero-order valence-corrected chi connectivity index (χ0v) is 15.1. The molecule has 0 saturated carbocycles. The van der Waals surface area contributed by atoms with Crippen molar-refractivity contribution >= 4 is 11.7 Å². The van der Waals surface area contributed by atoms with E-state index in [2.05, 4.69) is 15.2 Å². The van der Waals surface area contributed by atoms with Crippen molar-refractivity contribution in [3.8, 4) is 17.1 Å². The molecule has 28 heavy (non-hydrogen) atoms. The summed E-state index contributed by atoms with van der Waals surface area (Å²) in [5.74, 6) is 1.13. The van der Waals surface area contributed by atoms with Gasteiger partial charge in [-0.15, -0.1) is 0 Å². The monoisotopic (exact) mass is 374 g/mol. The molecule has 2 aliphatic rings. The molecule has 7 heteroatoms. The Kier molecular flexibility index (Phi) is 3.75. The number of amides is 1. The molecule has 0 radical (unpaired) electrons. The van der Waals surface area contributed by atoms with Crippen molar-refractivity contribution in [2.75, 3.05) is 13.1 Å². The summed E-state index contributed by atoms with van der Waals surface area (Å²) in [5.41, 5.74) is 1.23. The molecule has 0 bridgehead atoms. The number of nitrogens with one attached hydrogen (secondary N) is 1. The van der Waals surface area contributed by atoms with Gasteiger partial charge >= 0.3 is 0 Å². The Balaban J connectivity index is 1.42. The number of rotatable bonds is 2. The lowest BCUT2D eigenvalue weighted by atomic mass is 9.89. The van der Waals surface area contributed by atoms with E-state index < -0.39 is 5.60 Å². The van der Waals surface area contributed by atoms with Gasteiger partial charge in [-0.05, 0) is 18.2 Å². The van der Waals surface area contributed by atoms with E-state index >= 15 is 0 Å². The molecule has 3 heterocycles. The molecule has 5 rings (SSSR count). The Bertz CT molecular complexity index is 1060. The Morgan fingerprint density at radius 2 is 1.89 bits per heavy atom. The number of hydrogen-bond donors (Lipinski definition) is 1. The lowest BCUT2D eigenvalue weighted by molar-refractivity contribution is 0.0428. The van der Waals surface area contributed by atoms with Crippen molar-refractivity contribution < 1.29 is 14.3 Å². The third-order valence-electron chi connectivity index (χ3n) is 5.43. The van der Waals surface area contributed by atoms with E-state index in [0.717, 1.165) is 0 Å². The highest BCUT2D eigenvalue weighted by Gasteiger charge is 2.47. The van der Waals surface area contributed by atoms with E-state index in [1.165, 1.54) is 6.33 Å². The van der Waals surface area contributed by atoms with Crippen LogP contribution in [-0.4, -0.2) is 50.5 Å². The van der Waals surface area contributed by atoms with Crippen LogP contribution in [0.5, 0.6) is 5.75 Å². The number of likely N-dealkylation sites (tertiary alicyclic amines) is 1. The summed E-state index contributed by atoms with van der Waals surface area (Å²) in [6, 6.07) is 14.6. The van der Waals surface area contributed by atoms with Crippen LogP contribution in [0.4, 0.5) is 0 Å². The number of H-pyrrole nitrogens is 1. The number of aromatic amines is 1. The van der Waals surface area contributed by atoms with Gasteiger partial charge in [0.15, 0.2) is 11.6 Å². The zero-order chi connectivity index (χ0) is 19.1. The van der Waals surface area contributed by atoms with Crippen molar-refractivity contribution in [2.45, 2.75) is 18.4 Å². The molecule has 3 aromatic rings. The van der Waals surface area contributed by atoms with Gasteiger partial charge in [-0.1, -0.05) is 30.3 Å². The normalized spacial score (nSPS) is 20.9. The lowest BCUT2D eigenvalue weighted by Gasteiger charge is -2.34. The van der Waals surface area contributed by atoms with Crippen LogP contribution in [0.1, 0.15) is 33.6 Å². The molecule has 1 fully saturated rings. The number of aromatic nitrogens is 3. The Morgan fingerprint density at radius 1 is 1.11 bits per heavy atom. The minimum Gasteiger partial charge on any atom is -0.484 e. The standard InChI is InChI=1S/C21H18N4O3/c26-17-11-21(28-18-8-4-3-7-16(17)18)9-10-25(12-21)20(27)15-6-2-1-5-14(15)19-22-13-23-24-19/h1-8,13H,9-12H2,(H,22,23,24)/t21-/m1/s1. The number of benzene rings is 2. The fourth-order valence-electron chi connectivity index (χ4n) is 4.07. The van der Waals surface area contributed by atoms with Crippen molar-refractivity contribution in [1.82, 2.24) is 20.1 Å². The van der Waals surface area contributed by atoms with Gasteiger partial charge < -0.3 is 9.64 Å². The van der Waals surface area contributed by atoms with E-state index in [4.69, 9.17) is 4.74 Å². The second-order valence-corrected chi connectivity index (χ2v) is 7.24. The number of ketones is 1. The van der Waals surface area contributed by atoms with Crippen LogP contribution in [0, 0.1) is 0 Å². The van der Waals surface area contributed by atoms with Crippen LogP contribution in [0.15, 0.2) is 54.9 Å². The van der Waals surface area contributed by atoms with Gasteiger partial charge in [0.05, 0.1) is 24.1 Å². The number of hydrogen-bond acceptors (Lipinski definition) is 5. The minimum absolute atomic E-state index is 0.0678. The van der Waals surface area contributed by atoms with E-state index in [0.29, 0.717) is 47.8 Å². The van der Waals surface area contributed by atoms with Gasteiger partial charge in [0, 0.05) is 18.5 Å². The van der Waals surface area contributed by atoms with Gasteiger partial charge in [0.1, 0.15) is 17.7 Å². The predicted molar refractivity (Wildman–Crippen MR) is 101 cm³/mol. The number of ether oxygens (including phenoxy) is 1. The summed E-state index contributed by atoms with van der Waals surface area (Å²) in [7, 11) is 0. The smallest absolute Gasteiger partial charge is 0.254 e. The van der Waals surface area contributed by atoms with Crippen LogP contribution < -0.4 is 4.74 Å². The van der Waals surface area contributed by atoms with Gasteiger partial charge in [-0.3, -0.25) is 14.7 Å². The van der Waals surface area contributed by atoms with E-state index in [1.54, 1.807) is 17.0 Å². The Labute approximate surface area is 161 Å². The molecule has 1 saturated heterocycles. The molecule has 1 N–H and O–H groups in total. The summed E-state index contributed by atoms with van der Waals surface area (Å²) < 4.78 is 6.23. The molecule has 1 amide bonds. The van der Waals surface area contributed by atoms with Crippen LogP contribution in [-0.2, 0) is 0 Å². The lowest BCUT2D eigenvalue weighted by Crippen LogP contribution is -2.45. The molecular weight excluding hydrogens is 356 g/mol. The molecule has 2 aromatic carbocycles. The molecule has 0 unspecified atom stereocenters. The first-order valence-corrected chi connectivity index (χ1v) is 9.21. The van der Waals surface area contributed by atoms with E-state index in [-0.39, 0.29) is 18.1 Å². The Hall–Kier alpha value is -3.48. The maximum atomic E-state index is 13.2. The average molecular weight is 374 g/mol. The van der Waals surface area contributed by atoms with Crippen LogP contribution in [0.3, 0.4) is 0 Å². The number of para-hydroxylation sites is 1. The summed E-state index contributed by atoms with van der Waals surface area (Å²) in [5, 5.41) is 6.69. The number of nitrogens with zero attached hydrogens (tertiary/aromatic N) is 3. The molecule has 1 spiro atoms. The number of fused-ring (bicyclic) bond motifs is 1. The number of Topliss-reactive ketones (excluding diaryl/α,β-unsaturated/α-hetero) is 1. The highest BCUT2D eigenvalue weighted by molar-refractivity contribution is 6.02. The second kappa shape index (κ2) is 6.30. The third kappa shape index (κ3) is 2.67.